The maximum absolute atomic E-state index is 12.1. The summed E-state index contributed by atoms with van der Waals surface area (Å²) in [6.45, 7) is 1.91. The van der Waals surface area contributed by atoms with E-state index in [9.17, 15) is 4.79 Å². The Hall–Kier alpha value is -2.21. The van der Waals surface area contributed by atoms with E-state index < -0.39 is 0 Å². The van der Waals surface area contributed by atoms with Crippen molar-refractivity contribution in [2.24, 2.45) is 0 Å². The summed E-state index contributed by atoms with van der Waals surface area (Å²) in [5.41, 5.74) is 1.55. The first-order chi connectivity index (χ1) is 11.3. The third-order valence-electron chi connectivity index (χ3n) is 3.53. The van der Waals surface area contributed by atoms with Crippen LogP contribution in [0.4, 0.5) is 0 Å². The van der Waals surface area contributed by atoms with E-state index in [0.717, 1.165) is 12.0 Å². The van der Waals surface area contributed by atoms with E-state index in [0.29, 0.717) is 43.5 Å². The van der Waals surface area contributed by atoms with E-state index in [1.54, 1.807) is 11.0 Å². The molecule has 0 saturated heterocycles. The van der Waals surface area contributed by atoms with Crippen LogP contribution in [-0.4, -0.2) is 35.1 Å². The second kappa shape index (κ2) is 7.37. The molecular formula is C16H17ClN2O4. The van der Waals surface area contributed by atoms with Crippen LogP contribution in [0.5, 0.6) is 11.5 Å². The number of benzene rings is 1. The number of halogens is 1. The Labute approximate surface area is 138 Å². The molecule has 0 N–H and O–H groups in total. The third kappa shape index (κ3) is 3.76. The number of carbonyl (C=O) groups excluding carboxylic acids is 1. The Morgan fingerprint density at radius 3 is 2.87 bits per heavy atom. The molecule has 0 bridgehead atoms. The SMILES string of the molecule is O=C(CCl)N(Cc1ccon1)Cc1cccc2c1OCCCO2. The van der Waals surface area contributed by atoms with Gasteiger partial charge in [0.1, 0.15) is 17.8 Å². The molecule has 23 heavy (non-hydrogen) atoms. The summed E-state index contributed by atoms with van der Waals surface area (Å²) in [7, 11) is 0. The zero-order valence-electron chi connectivity index (χ0n) is 12.5. The number of alkyl halides is 1. The van der Waals surface area contributed by atoms with Crippen LogP contribution < -0.4 is 9.47 Å². The molecule has 0 atom stereocenters. The number of fused-ring (bicyclic) bond motifs is 1. The van der Waals surface area contributed by atoms with E-state index in [2.05, 4.69) is 5.16 Å². The average molecular weight is 337 g/mol. The number of nitrogens with zero attached hydrogens (tertiary/aromatic N) is 2. The van der Waals surface area contributed by atoms with Gasteiger partial charge in [0, 0.05) is 24.6 Å². The molecule has 3 rings (SSSR count). The predicted molar refractivity (Wildman–Crippen MR) is 83.5 cm³/mol. The standard InChI is InChI=1S/C16H17ClN2O4/c17-9-15(20)19(11-13-5-8-23-18-13)10-12-3-1-4-14-16(12)22-7-2-6-21-14/h1,3-5,8H,2,6-7,9-11H2. The molecule has 0 radical (unpaired) electrons. The summed E-state index contributed by atoms with van der Waals surface area (Å²) in [6.07, 6.45) is 2.31. The van der Waals surface area contributed by atoms with Crippen LogP contribution in [-0.2, 0) is 17.9 Å². The Morgan fingerprint density at radius 1 is 1.22 bits per heavy atom. The Kier molecular flexibility index (Phi) is 5.02. The first kappa shape index (κ1) is 15.7. The number of ether oxygens (including phenoxy) is 2. The van der Waals surface area contributed by atoms with Gasteiger partial charge in [-0.3, -0.25) is 4.79 Å². The van der Waals surface area contributed by atoms with Gasteiger partial charge in [0.05, 0.1) is 19.8 Å². The van der Waals surface area contributed by atoms with E-state index in [1.165, 1.54) is 6.26 Å². The van der Waals surface area contributed by atoms with Crippen LogP contribution in [0, 0.1) is 0 Å². The van der Waals surface area contributed by atoms with Crippen LogP contribution in [0.15, 0.2) is 35.1 Å². The fourth-order valence-electron chi connectivity index (χ4n) is 2.42. The predicted octanol–water partition coefficient (Wildman–Crippen LogP) is 2.60. The quantitative estimate of drug-likeness (QED) is 0.785. The Balaban J connectivity index is 1.83. The Bertz CT molecular complexity index is 660. The first-order valence-corrected chi connectivity index (χ1v) is 7.92. The first-order valence-electron chi connectivity index (χ1n) is 7.38. The number of para-hydroxylation sites is 1. The van der Waals surface area contributed by atoms with Crippen molar-refractivity contribution in [2.45, 2.75) is 19.5 Å². The van der Waals surface area contributed by atoms with Crippen molar-refractivity contribution in [2.75, 3.05) is 19.1 Å². The van der Waals surface area contributed by atoms with Crippen LogP contribution in [0.25, 0.3) is 0 Å². The van der Waals surface area contributed by atoms with Crippen LogP contribution >= 0.6 is 11.6 Å². The summed E-state index contributed by atoms with van der Waals surface area (Å²) in [5, 5.41) is 3.85. The van der Waals surface area contributed by atoms with Gasteiger partial charge in [-0.1, -0.05) is 17.3 Å². The molecule has 1 aromatic heterocycles. The molecule has 1 aliphatic rings. The molecule has 1 amide bonds. The van der Waals surface area contributed by atoms with Gasteiger partial charge in [0.2, 0.25) is 5.91 Å². The van der Waals surface area contributed by atoms with Crippen LogP contribution in [0.3, 0.4) is 0 Å². The molecule has 1 aliphatic heterocycles. The van der Waals surface area contributed by atoms with Gasteiger partial charge in [-0.25, -0.2) is 0 Å². The van der Waals surface area contributed by atoms with Crippen molar-refractivity contribution in [1.29, 1.82) is 0 Å². The minimum absolute atomic E-state index is 0.0930. The van der Waals surface area contributed by atoms with Crippen molar-refractivity contribution >= 4 is 17.5 Å². The minimum Gasteiger partial charge on any atom is -0.490 e. The van der Waals surface area contributed by atoms with Gasteiger partial charge in [-0.2, -0.15) is 0 Å². The van der Waals surface area contributed by atoms with E-state index in [4.69, 9.17) is 25.6 Å². The summed E-state index contributed by atoms with van der Waals surface area (Å²) in [4.78, 5) is 13.8. The molecule has 122 valence electrons. The molecule has 0 saturated carbocycles. The number of amides is 1. The van der Waals surface area contributed by atoms with E-state index in [1.807, 2.05) is 18.2 Å². The number of hydrogen-bond donors (Lipinski definition) is 0. The van der Waals surface area contributed by atoms with Crippen molar-refractivity contribution in [3.05, 3.63) is 41.8 Å². The second-order valence-electron chi connectivity index (χ2n) is 5.17. The summed E-state index contributed by atoms with van der Waals surface area (Å²) < 4.78 is 16.3. The van der Waals surface area contributed by atoms with Gasteiger partial charge in [0.25, 0.3) is 0 Å². The van der Waals surface area contributed by atoms with Gasteiger partial charge < -0.3 is 18.9 Å². The largest absolute Gasteiger partial charge is 0.490 e. The molecule has 2 aromatic rings. The molecule has 0 aliphatic carbocycles. The third-order valence-corrected chi connectivity index (χ3v) is 3.75. The number of rotatable bonds is 5. The topological polar surface area (TPSA) is 64.8 Å². The fraction of sp³-hybridized carbons (Fsp3) is 0.375. The minimum atomic E-state index is -0.179. The van der Waals surface area contributed by atoms with Crippen LogP contribution in [0.1, 0.15) is 17.7 Å². The lowest BCUT2D eigenvalue weighted by molar-refractivity contribution is -0.129. The molecular weight excluding hydrogens is 320 g/mol. The monoisotopic (exact) mass is 336 g/mol. The average Bonchev–Trinajstić information content (AvgIpc) is 2.96. The zero-order valence-corrected chi connectivity index (χ0v) is 13.3. The van der Waals surface area contributed by atoms with E-state index >= 15 is 0 Å². The zero-order chi connectivity index (χ0) is 16.1. The summed E-state index contributed by atoms with van der Waals surface area (Å²) in [5.74, 6) is 1.13. The molecule has 0 unspecified atom stereocenters. The van der Waals surface area contributed by atoms with Gasteiger partial charge in [0.15, 0.2) is 11.5 Å². The van der Waals surface area contributed by atoms with Gasteiger partial charge in [-0.15, -0.1) is 11.6 Å². The highest BCUT2D eigenvalue weighted by atomic mass is 35.5. The smallest absolute Gasteiger partial charge is 0.238 e. The lowest BCUT2D eigenvalue weighted by atomic mass is 10.1. The maximum atomic E-state index is 12.1. The van der Waals surface area contributed by atoms with Crippen molar-refractivity contribution < 1.29 is 18.8 Å². The summed E-state index contributed by atoms with van der Waals surface area (Å²) in [6, 6.07) is 7.40. The second-order valence-corrected chi connectivity index (χ2v) is 5.44. The summed E-state index contributed by atoms with van der Waals surface area (Å²) >= 11 is 5.73. The van der Waals surface area contributed by atoms with Gasteiger partial charge in [-0.05, 0) is 6.07 Å². The number of hydrogen-bond acceptors (Lipinski definition) is 5. The van der Waals surface area contributed by atoms with Crippen LogP contribution in [0.2, 0.25) is 0 Å². The molecule has 1 aromatic carbocycles. The molecule has 6 nitrogen and oxygen atoms in total. The van der Waals surface area contributed by atoms with Crippen molar-refractivity contribution in [3.8, 4) is 11.5 Å². The highest BCUT2D eigenvalue weighted by Crippen LogP contribution is 2.34. The molecule has 2 heterocycles. The fourth-order valence-corrected chi connectivity index (χ4v) is 2.58. The van der Waals surface area contributed by atoms with Crippen molar-refractivity contribution in [3.63, 3.8) is 0 Å². The molecule has 7 heteroatoms. The highest BCUT2D eigenvalue weighted by molar-refractivity contribution is 6.27. The van der Waals surface area contributed by atoms with Crippen molar-refractivity contribution in [1.82, 2.24) is 10.1 Å². The van der Waals surface area contributed by atoms with E-state index in [-0.39, 0.29) is 11.8 Å². The van der Waals surface area contributed by atoms with Gasteiger partial charge >= 0.3 is 0 Å². The maximum Gasteiger partial charge on any atom is 0.238 e. The number of carbonyl (C=O) groups is 1. The number of aromatic nitrogens is 1. The molecule has 0 spiro atoms. The molecule has 0 fully saturated rings. The highest BCUT2D eigenvalue weighted by Gasteiger charge is 2.20. The lowest BCUT2D eigenvalue weighted by Gasteiger charge is -2.22. The lowest BCUT2D eigenvalue weighted by Crippen LogP contribution is -2.31. The normalized spacial score (nSPS) is 13.4. The Morgan fingerprint density at radius 2 is 2.09 bits per heavy atom.